The molecule has 2 N–H and O–H groups in total. The maximum atomic E-state index is 4.14. The first-order valence-corrected chi connectivity index (χ1v) is 5.09. The van der Waals surface area contributed by atoms with Crippen LogP contribution < -0.4 is 5.32 Å². The number of imidazole rings is 1. The monoisotopic (exact) mass is 201 g/mol. The Morgan fingerprint density at radius 2 is 2.00 bits per heavy atom. The number of hydrogen-bond donors (Lipinski definition) is 2. The molecule has 0 aliphatic heterocycles. The van der Waals surface area contributed by atoms with Crippen molar-refractivity contribution in [3.05, 3.63) is 53.6 Å². The smallest absolute Gasteiger partial charge is 0.120 e. The van der Waals surface area contributed by atoms with Crippen LogP contribution in [0.25, 0.3) is 0 Å². The lowest BCUT2D eigenvalue weighted by Gasteiger charge is -2.03. The fourth-order valence-electron chi connectivity index (χ4n) is 1.43. The summed E-state index contributed by atoms with van der Waals surface area (Å²) in [5.74, 6) is 0.974. The topological polar surface area (TPSA) is 40.7 Å². The van der Waals surface area contributed by atoms with Crippen LogP contribution in [0.5, 0.6) is 0 Å². The molecule has 1 aromatic heterocycles. The molecule has 3 nitrogen and oxygen atoms in total. The lowest BCUT2D eigenvalue weighted by Crippen LogP contribution is -2.13. The Hall–Kier alpha value is -1.61. The molecular weight excluding hydrogens is 186 g/mol. The van der Waals surface area contributed by atoms with Crippen molar-refractivity contribution in [1.82, 2.24) is 15.3 Å². The van der Waals surface area contributed by atoms with Gasteiger partial charge in [-0.3, -0.25) is 0 Å². The van der Waals surface area contributed by atoms with E-state index in [-0.39, 0.29) is 0 Å². The van der Waals surface area contributed by atoms with Gasteiger partial charge < -0.3 is 10.3 Å². The number of nitrogens with zero attached hydrogens (tertiary/aromatic N) is 1. The molecule has 0 saturated carbocycles. The van der Waals surface area contributed by atoms with E-state index in [0.717, 1.165) is 18.9 Å². The Morgan fingerprint density at radius 3 is 2.67 bits per heavy atom. The van der Waals surface area contributed by atoms with Gasteiger partial charge >= 0.3 is 0 Å². The van der Waals surface area contributed by atoms with Crippen LogP contribution in [0.15, 0.2) is 36.7 Å². The highest BCUT2D eigenvalue weighted by Crippen LogP contribution is 2.02. The van der Waals surface area contributed by atoms with E-state index >= 15 is 0 Å². The minimum Gasteiger partial charge on any atom is -0.348 e. The lowest BCUT2D eigenvalue weighted by molar-refractivity contribution is 0.668. The summed E-state index contributed by atoms with van der Waals surface area (Å²) in [6.45, 7) is 3.75. The molecule has 2 aromatic rings. The quantitative estimate of drug-likeness (QED) is 0.794. The first-order chi connectivity index (χ1) is 7.34. The second kappa shape index (κ2) is 4.75. The molecule has 2 rings (SSSR count). The fraction of sp³-hybridized carbons (Fsp3) is 0.250. The Labute approximate surface area is 89.6 Å². The molecule has 1 heterocycles. The van der Waals surface area contributed by atoms with Crippen molar-refractivity contribution in [3.8, 4) is 0 Å². The van der Waals surface area contributed by atoms with Crippen molar-refractivity contribution in [2.45, 2.75) is 20.0 Å². The van der Waals surface area contributed by atoms with Gasteiger partial charge in [0, 0.05) is 18.9 Å². The van der Waals surface area contributed by atoms with E-state index in [2.05, 4.69) is 46.5 Å². The summed E-state index contributed by atoms with van der Waals surface area (Å²) in [7, 11) is 0. The number of aromatic amines is 1. The molecule has 0 atom stereocenters. The number of hydrogen-bond acceptors (Lipinski definition) is 2. The maximum absolute atomic E-state index is 4.14. The molecule has 0 unspecified atom stereocenters. The number of aromatic nitrogens is 2. The molecule has 0 bridgehead atoms. The summed E-state index contributed by atoms with van der Waals surface area (Å²) in [6, 6.07) is 8.54. The second-order valence-corrected chi connectivity index (χ2v) is 3.63. The SMILES string of the molecule is Cc1ccc(CNCc2ncc[nH]2)cc1. The van der Waals surface area contributed by atoms with Crippen LogP contribution in [0.3, 0.4) is 0 Å². The standard InChI is InChI=1S/C12H15N3/c1-10-2-4-11(5-3-10)8-13-9-12-14-6-7-15-12/h2-7,13H,8-9H2,1H3,(H,14,15). The molecule has 0 fully saturated rings. The van der Waals surface area contributed by atoms with Gasteiger partial charge in [-0.1, -0.05) is 29.8 Å². The Bertz CT molecular complexity index is 389. The van der Waals surface area contributed by atoms with Crippen molar-refractivity contribution in [2.24, 2.45) is 0 Å². The average Bonchev–Trinajstić information content (AvgIpc) is 2.74. The number of rotatable bonds is 4. The zero-order valence-electron chi connectivity index (χ0n) is 8.83. The highest BCUT2D eigenvalue weighted by atomic mass is 15.0. The summed E-state index contributed by atoms with van der Waals surface area (Å²) in [5, 5.41) is 3.33. The highest BCUT2D eigenvalue weighted by Gasteiger charge is 1.94. The first-order valence-electron chi connectivity index (χ1n) is 5.09. The van der Waals surface area contributed by atoms with Crippen molar-refractivity contribution in [1.29, 1.82) is 0 Å². The summed E-state index contributed by atoms with van der Waals surface area (Å²) in [6.07, 6.45) is 3.60. The van der Waals surface area contributed by atoms with Crippen LogP contribution in [0.4, 0.5) is 0 Å². The average molecular weight is 201 g/mol. The predicted molar refractivity (Wildman–Crippen MR) is 60.3 cm³/mol. The molecule has 15 heavy (non-hydrogen) atoms. The van der Waals surface area contributed by atoms with E-state index in [0.29, 0.717) is 0 Å². The van der Waals surface area contributed by atoms with Gasteiger partial charge in [-0.2, -0.15) is 0 Å². The normalized spacial score (nSPS) is 10.5. The Kier molecular flexibility index (Phi) is 3.15. The summed E-state index contributed by atoms with van der Waals surface area (Å²) >= 11 is 0. The van der Waals surface area contributed by atoms with E-state index < -0.39 is 0 Å². The second-order valence-electron chi connectivity index (χ2n) is 3.63. The van der Waals surface area contributed by atoms with Crippen LogP contribution >= 0.6 is 0 Å². The van der Waals surface area contributed by atoms with Gasteiger partial charge in [-0.25, -0.2) is 4.98 Å². The molecule has 0 aliphatic rings. The predicted octanol–water partition coefficient (Wildman–Crippen LogP) is 2.01. The van der Waals surface area contributed by atoms with Crippen LogP contribution in [0, 0.1) is 6.92 Å². The molecule has 0 radical (unpaired) electrons. The van der Waals surface area contributed by atoms with Crippen molar-refractivity contribution < 1.29 is 0 Å². The number of benzene rings is 1. The minimum absolute atomic E-state index is 0.779. The van der Waals surface area contributed by atoms with E-state index in [9.17, 15) is 0 Å². The van der Waals surface area contributed by atoms with Crippen LogP contribution in [0.1, 0.15) is 17.0 Å². The largest absolute Gasteiger partial charge is 0.348 e. The molecular formula is C12H15N3. The zero-order valence-corrected chi connectivity index (χ0v) is 8.83. The van der Waals surface area contributed by atoms with Crippen LogP contribution in [-0.2, 0) is 13.1 Å². The Balaban J connectivity index is 1.81. The van der Waals surface area contributed by atoms with Crippen molar-refractivity contribution >= 4 is 0 Å². The molecule has 78 valence electrons. The van der Waals surface area contributed by atoms with E-state index in [1.165, 1.54) is 11.1 Å². The van der Waals surface area contributed by atoms with Crippen LogP contribution in [-0.4, -0.2) is 9.97 Å². The lowest BCUT2D eigenvalue weighted by atomic mass is 10.1. The van der Waals surface area contributed by atoms with E-state index in [1.807, 2.05) is 6.20 Å². The third kappa shape index (κ3) is 2.92. The van der Waals surface area contributed by atoms with Crippen molar-refractivity contribution in [3.63, 3.8) is 0 Å². The maximum Gasteiger partial charge on any atom is 0.120 e. The third-order valence-corrected chi connectivity index (χ3v) is 2.30. The van der Waals surface area contributed by atoms with Gasteiger partial charge in [0.15, 0.2) is 0 Å². The Morgan fingerprint density at radius 1 is 1.20 bits per heavy atom. The molecule has 1 aromatic carbocycles. The van der Waals surface area contributed by atoms with E-state index in [4.69, 9.17) is 0 Å². The molecule has 0 saturated heterocycles. The first kappa shape index (κ1) is 9.93. The fourth-order valence-corrected chi connectivity index (χ4v) is 1.43. The van der Waals surface area contributed by atoms with Crippen LogP contribution in [0.2, 0.25) is 0 Å². The summed E-state index contributed by atoms with van der Waals surface area (Å²) in [5.41, 5.74) is 2.59. The molecule has 3 heteroatoms. The zero-order chi connectivity index (χ0) is 10.5. The molecule has 0 amide bonds. The molecule has 0 spiro atoms. The van der Waals surface area contributed by atoms with Gasteiger partial charge in [0.1, 0.15) is 5.82 Å². The number of H-pyrrole nitrogens is 1. The summed E-state index contributed by atoms with van der Waals surface area (Å²) in [4.78, 5) is 7.20. The van der Waals surface area contributed by atoms with Crippen molar-refractivity contribution in [2.75, 3.05) is 0 Å². The molecule has 0 aliphatic carbocycles. The number of nitrogens with one attached hydrogen (secondary N) is 2. The van der Waals surface area contributed by atoms with Gasteiger partial charge in [-0.15, -0.1) is 0 Å². The highest BCUT2D eigenvalue weighted by molar-refractivity contribution is 5.21. The minimum atomic E-state index is 0.779. The van der Waals surface area contributed by atoms with Gasteiger partial charge in [0.2, 0.25) is 0 Å². The van der Waals surface area contributed by atoms with E-state index in [1.54, 1.807) is 6.20 Å². The summed E-state index contributed by atoms with van der Waals surface area (Å²) < 4.78 is 0. The van der Waals surface area contributed by atoms with Gasteiger partial charge in [0.05, 0.1) is 6.54 Å². The number of aryl methyl sites for hydroxylation is 1. The van der Waals surface area contributed by atoms with Gasteiger partial charge in [-0.05, 0) is 12.5 Å². The third-order valence-electron chi connectivity index (χ3n) is 2.30. The van der Waals surface area contributed by atoms with Gasteiger partial charge in [0.25, 0.3) is 0 Å².